The Balaban J connectivity index is 2.31. The van der Waals surface area contributed by atoms with E-state index in [0.29, 0.717) is 10.4 Å². The SMILES string of the molecule is NC(=O)Nc1sc(C#Cc2ccc(F)cc2)cc1C(N)=O. The molecule has 2 rings (SSSR count). The predicted molar refractivity (Wildman–Crippen MR) is 78.4 cm³/mol. The molecule has 0 atom stereocenters. The molecule has 0 saturated carbocycles. The lowest BCUT2D eigenvalue weighted by Crippen LogP contribution is -2.21. The standard InChI is InChI=1S/C14H10FN3O2S/c15-9-4-1-8(2-5-9)3-6-10-7-11(12(16)19)13(21-10)18-14(17)20/h1-2,4-5,7H,(H2,16,19)(H3,17,18,20). The van der Waals surface area contributed by atoms with Crippen molar-refractivity contribution >= 4 is 28.3 Å². The van der Waals surface area contributed by atoms with Gasteiger partial charge in [0.2, 0.25) is 0 Å². The van der Waals surface area contributed by atoms with Crippen molar-refractivity contribution in [2.45, 2.75) is 0 Å². The lowest BCUT2D eigenvalue weighted by atomic mass is 10.2. The van der Waals surface area contributed by atoms with Gasteiger partial charge in [-0.05, 0) is 30.3 Å². The maximum absolute atomic E-state index is 12.8. The number of rotatable bonds is 2. The highest BCUT2D eigenvalue weighted by molar-refractivity contribution is 7.17. The molecular weight excluding hydrogens is 293 g/mol. The van der Waals surface area contributed by atoms with E-state index in [1.165, 1.54) is 30.3 Å². The third-order valence-corrected chi connectivity index (χ3v) is 3.37. The van der Waals surface area contributed by atoms with Crippen molar-refractivity contribution in [3.63, 3.8) is 0 Å². The summed E-state index contributed by atoms with van der Waals surface area (Å²) in [5.41, 5.74) is 11.0. The second kappa shape index (κ2) is 6.07. The van der Waals surface area contributed by atoms with Crippen LogP contribution in [0.2, 0.25) is 0 Å². The van der Waals surface area contributed by atoms with Crippen LogP contribution in [-0.2, 0) is 0 Å². The van der Waals surface area contributed by atoms with Gasteiger partial charge < -0.3 is 11.5 Å². The van der Waals surface area contributed by atoms with Crippen LogP contribution >= 0.6 is 11.3 Å². The Morgan fingerprint density at radius 1 is 1.14 bits per heavy atom. The Morgan fingerprint density at radius 3 is 2.38 bits per heavy atom. The summed E-state index contributed by atoms with van der Waals surface area (Å²) in [6.45, 7) is 0. The van der Waals surface area contributed by atoms with E-state index in [2.05, 4.69) is 17.2 Å². The second-order valence-electron chi connectivity index (χ2n) is 3.96. The minimum absolute atomic E-state index is 0.141. The van der Waals surface area contributed by atoms with Crippen LogP contribution in [0.25, 0.3) is 0 Å². The third kappa shape index (κ3) is 3.81. The van der Waals surface area contributed by atoms with Crippen molar-refractivity contribution in [2.24, 2.45) is 11.5 Å². The van der Waals surface area contributed by atoms with Gasteiger partial charge in [0.05, 0.1) is 10.4 Å². The van der Waals surface area contributed by atoms with E-state index in [1.807, 2.05) is 0 Å². The number of amides is 3. The third-order valence-electron chi connectivity index (χ3n) is 2.41. The highest BCUT2D eigenvalue weighted by atomic mass is 32.1. The number of benzene rings is 1. The van der Waals surface area contributed by atoms with Crippen LogP contribution in [0.4, 0.5) is 14.2 Å². The summed E-state index contributed by atoms with van der Waals surface area (Å²) in [6, 6.07) is 6.34. The molecule has 3 amide bonds. The molecule has 1 aromatic heterocycles. The van der Waals surface area contributed by atoms with E-state index >= 15 is 0 Å². The van der Waals surface area contributed by atoms with Crippen molar-refractivity contribution < 1.29 is 14.0 Å². The van der Waals surface area contributed by atoms with Gasteiger partial charge in [0.1, 0.15) is 10.8 Å². The van der Waals surface area contributed by atoms with E-state index in [4.69, 9.17) is 11.5 Å². The first-order valence-corrected chi connectivity index (χ1v) is 6.55. The Labute approximate surface area is 123 Å². The number of urea groups is 1. The number of carbonyl (C=O) groups is 2. The van der Waals surface area contributed by atoms with Crippen molar-refractivity contribution in [1.29, 1.82) is 0 Å². The van der Waals surface area contributed by atoms with E-state index in [9.17, 15) is 14.0 Å². The van der Waals surface area contributed by atoms with Crippen molar-refractivity contribution in [3.05, 3.63) is 52.2 Å². The summed E-state index contributed by atoms with van der Waals surface area (Å²) >= 11 is 1.08. The first kappa shape index (κ1) is 14.6. The molecule has 1 aromatic carbocycles. The fourth-order valence-electron chi connectivity index (χ4n) is 1.51. The fourth-order valence-corrected chi connectivity index (χ4v) is 2.43. The van der Waals surface area contributed by atoms with Gasteiger partial charge in [-0.3, -0.25) is 10.1 Å². The quantitative estimate of drug-likeness (QED) is 0.738. The summed E-state index contributed by atoms with van der Waals surface area (Å²) in [7, 11) is 0. The van der Waals surface area contributed by atoms with Crippen LogP contribution in [0.5, 0.6) is 0 Å². The zero-order chi connectivity index (χ0) is 15.4. The zero-order valence-corrected chi connectivity index (χ0v) is 11.5. The van der Waals surface area contributed by atoms with Crippen molar-refractivity contribution in [1.82, 2.24) is 0 Å². The molecule has 0 fully saturated rings. The van der Waals surface area contributed by atoms with Gasteiger partial charge in [-0.15, -0.1) is 11.3 Å². The van der Waals surface area contributed by atoms with E-state index in [-0.39, 0.29) is 16.4 Å². The Kier molecular flexibility index (Phi) is 4.21. The first-order valence-electron chi connectivity index (χ1n) is 5.73. The molecule has 0 spiro atoms. The lowest BCUT2D eigenvalue weighted by Gasteiger charge is -1.98. The normalized spacial score (nSPS) is 9.57. The summed E-state index contributed by atoms with van der Waals surface area (Å²) in [5.74, 6) is 4.60. The Morgan fingerprint density at radius 2 is 1.81 bits per heavy atom. The summed E-state index contributed by atoms with van der Waals surface area (Å²) in [4.78, 5) is 22.7. The summed E-state index contributed by atoms with van der Waals surface area (Å²) in [6.07, 6.45) is 0. The topological polar surface area (TPSA) is 98.2 Å². The molecule has 0 aliphatic rings. The predicted octanol–water partition coefficient (Wildman–Crippen LogP) is 1.88. The number of hydrogen-bond donors (Lipinski definition) is 3. The lowest BCUT2D eigenvalue weighted by molar-refractivity contribution is 0.100. The average molecular weight is 303 g/mol. The first-order chi connectivity index (χ1) is 9.95. The molecule has 1 heterocycles. The van der Waals surface area contributed by atoms with Gasteiger partial charge in [0.25, 0.3) is 5.91 Å². The number of halogens is 1. The number of anilines is 1. The summed E-state index contributed by atoms with van der Waals surface area (Å²) in [5, 5.41) is 2.57. The van der Waals surface area contributed by atoms with Gasteiger partial charge in [0, 0.05) is 5.56 Å². The number of primary amides is 2. The van der Waals surface area contributed by atoms with Gasteiger partial charge in [-0.2, -0.15) is 0 Å². The molecular formula is C14H10FN3O2S. The van der Waals surface area contributed by atoms with Crippen LogP contribution in [0.15, 0.2) is 30.3 Å². The molecule has 0 unspecified atom stereocenters. The van der Waals surface area contributed by atoms with Crippen LogP contribution in [0.3, 0.4) is 0 Å². The molecule has 106 valence electrons. The number of nitrogens with one attached hydrogen (secondary N) is 1. The number of thiophene rings is 1. The Hall–Kier alpha value is -2.85. The molecule has 7 heteroatoms. The molecule has 21 heavy (non-hydrogen) atoms. The molecule has 0 radical (unpaired) electrons. The van der Waals surface area contributed by atoms with Crippen molar-refractivity contribution in [2.75, 3.05) is 5.32 Å². The number of nitrogens with two attached hydrogens (primary N) is 2. The van der Waals surface area contributed by atoms with Crippen LogP contribution in [0, 0.1) is 17.7 Å². The number of hydrogen-bond acceptors (Lipinski definition) is 3. The smallest absolute Gasteiger partial charge is 0.317 e. The molecule has 0 bridgehead atoms. The maximum Gasteiger partial charge on any atom is 0.317 e. The molecule has 5 nitrogen and oxygen atoms in total. The minimum atomic E-state index is -0.794. The maximum atomic E-state index is 12.8. The van der Waals surface area contributed by atoms with Crippen molar-refractivity contribution in [3.8, 4) is 11.8 Å². The van der Waals surface area contributed by atoms with Gasteiger partial charge in [-0.1, -0.05) is 11.8 Å². The molecule has 0 aliphatic heterocycles. The second-order valence-corrected chi connectivity index (χ2v) is 5.02. The Bertz CT molecular complexity index is 757. The minimum Gasteiger partial charge on any atom is -0.366 e. The highest BCUT2D eigenvalue weighted by Gasteiger charge is 2.14. The highest BCUT2D eigenvalue weighted by Crippen LogP contribution is 2.27. The fraction of sp³-hybridized carbons (Fsp3) is 0. The monoisotopic (exact) mass is 303 g/mol. The molecule has 0 aliphatic carbocycles. The van der Waals surface area contributed by atoms with E-state index < -0.39 is 11.9 Å². The van der Waals surface area contributed by atoms with Crippen LogP contribution in [0.1, 0.15) is 20.8 Å². The van der Waals surface area contributed by atoms with E-state index in [1.54, 1.807) is 0 Å². The molecule has 2 aromatic rings. The molecule has 5 N–H and O–H groups in total. The number of carbonyl (C=O) groups excluding carboxylic acids is 2. The van der Waals surface area contributed by atoms with Crippen LogP contribution < -0.4 is 16.8 Å². The van der Waals surface area contributed by atoms with E-state index in [0.717, 1.165) is 11.3 Å². The zero-order valence-electron chi connectivity index (χ0n) is 10.6. The van der Waals surface area contributed by atoms with Gasteiger partial charge >= 0.3 is 6.03 Å². The van der Waals surface area contributed by atoms with Gasteiger partial charge in [0.15, 0.2) is 0 Å². The van der Waals surface area contributed by atoms with Gasteiger partial charge in [-0.25, -0.2) is 9.18 Å². The van der Waals surface area contributed by atoms with Crippen LogP contribution in [-0.4, -0.2) is 11.9 Å². The summed E-state index contributed by atoms with van der Waals surface area (Å²) < 4.78 is 12.8. The largest absolute Gasteiger partial charge is 0.366 e. The average Bonchev–Trinajstić information content (AvgIpc) is 2.80. The molecule has 0 saturated heterocycles.